The van der Waals surface area contributed by atoms with Gasteiger partial charge >= 0.3 is 5.97 Å². The highest BCUT2D eigenvalue weighted by Gasteiger charge is 2.48. The molecule has 0 amide bonds. The number of ether oxygens (including phenoxy) is 1. The molecule has 2 aliphatic heterocycles. The summed E-state index contributed by atoms with van der Waals surface area (Å²) in [4.78, 5) is 13.6. The Kier molecular flexibility index (Phi) is 3.66. The minimum atomic E-state index is -0.637. The highest BCUT2D eigenvalue weighted by atomic mass is 16.5. The standard InChI is InChI=1S/C16H21NO3/c1-11-4-2-3-5-15(11)20-9-8-17-12-6-7-14(17)13(10-12)16(18)19/h2-5,12-14H,6-10H2,1H3,(H,18,19). The van der Waals surface area contributed by atoms with Crippen molar-refractivity contribution < 1.29 is 14.6 Å². The van der Waals surface area contributed by atoms with E-state index in [0.717, 1.165) is 37.1 Å². The average Bonchev–Trinajstić information content (AvgIpc) is 2.98. The number of benzene rings is 1. The van der Waals surface area contributed by atoms with Crippen molar-refractivity contribution in [1.82, 2.24) is 4.90 Å². The first-order valence-electron chi connectivity index (χ1n) is 7.34. The minimum absolute atomic E-state index is 0.174. The second-order valence-electron chi connectivity index (χ2n) is 5.83. The van der Waals surface area contributed by atoms with E-state index in [1.54, 1.807) is 0 Å². The molecule has 3 unspecified atom stereocenters. The monoisotopic (exact) mass is 275 g/mol. The maximum atomic E-state index is 11.2. The maximum absolute atomic E-state index is 11.2. The lowest BCUT2D eigenvalue weighted by Crippen LogP contribution is -2.35. The van der Waals surface area contributed by atoms with E-state index < -0.39 is 5.97 Å². The summed E-state index contributed by atoms with van der Waals surface area (Å²) in [6.07, 6.45) is 2.97. The molecule has 2 bridgehead atoms. The number of fused-ring (bicyclic) bond motifs is 2. The Morgan fingerprint density at radius 2 is 2.20 bits per heavy atom. The summed E-state index contributed by atoms with van der Waals surface area (Å²) in [5.41, 5.74) is 1.14. The Labute approximate surface area is 119 Å². The highest BCUT2D eigenvalue weighted by Crippen LogP contribution is 2.41. The molecule has 2 fully saturated rings. The van der Waals surface area contributed by atoms with Gasteiger partial charge in [-0.1, -0.05) is 18.2 Å². The van der Waals surface area contributed by atoms with E-state index in [-0.39, 0.29) is 12.0 Å². The molecule has 0 saturated carbocycles. The zero-order chi connectivity index (χ0) is 14.1. The smallest absolute Gasteiger partial charge is 0.308 e. The predicted octanol–water partition coefficient (Wildman–Crippen LogP) is 2.31. The van der Waals surface area contributed by atoms with Crippen molar-refractivity contribution in [3.63, 3.8) is 0 Å². The molecule has 2 heterocycles. The molecule has 0 aliphatic carbocycles. The van der Waals surface area contributed by atoms with E-state index in [4.69, 9.17) is 4.74 Å². The van der Waals surface area contributed by atoms with E-state index in [2.05, 4.69) is 4.90 Å². The van der Waals surface area contributed by atoms with Crippen LogP contribution in [0.3, 0.4) is 0 Å². The van der Waals surface area contributed by atoms with Gasteiger partial charge in [0.2, 0.25) is 0 Å². The van der Waals surface area contributed by atoms with Crippen LogP contribution in [-0.4, -0.2) is 41.2 Å². The van der Waals surface area contributed by atoms with Crippen molar-refractivity contribution in [2.45, 2.75) is 38.3 Å². The van der Waals surface area contributed by atoms with Gasteiger partial charge in [-0.3, -0.25) is 9.69 Å². The first kappa shape index (κ1) is 13.4. The van der Waals surface area contributed by atoms with Crippen molar-refractivity contribution in [3.8, 4) is 5.75 Å². The van der Waals surface area contributed by atoms with E-state index in [9.17, 15) is 9.90 Å². The second-order valence-corrected chi connectivity index (χ2v) is 5.83. The van der Waals surface area contributed by atoms with Crippen LogP contribution in [0.4, 0.5) is 0 Å². The van der Waals surface area contributed by atoms with Crippen LogP contribution in [0, 0.1) is 12.8 Å². The molecule has 2 saturated heterocycles. The van der Waals surface area contributed by atoms with Crippen LogP contribution in [-0.2, 0) is 4.79 Å². The van der Waals surface area contributed by atoms with Crippen molar-refractivity contribution >= 4 is 5.97 Å². The van der Waals surface area contributed by atoms with Crippen LogP contribution >= 0.6 is 0 Å². The number of aliphatic carboxylic acids is 1. The van der Waals surface area contributed by atoms with Crippen molar-refractivity contribution in [2.24, 2.45) is 5.92 Å². The third kappa shape index (κ3) is 2.40. The molecule has 1 aromatic rings. The fraction of sp³-hybridized carbons (Fsp3) is 0.562. The fourth-order valence-corrected chi connectivity index (χ4v) is 3.69. The summed E-state index contributed by atoms with van der Waals surface area (Å²) in [5, 5.41) is 9.24. The zero-order valence-corrected chi connectivity index (χ0v) is 11.8. The molecule has 1 aromatic carbocycles. The van der Waals surface area contributed by atoms with Gasteiger partial charge in [-0.2, -0.15) is 0 Å². The van der Waals surface area contributed by atoms with E-state index in [1.807, 2.05) is 31.2 Å². The van der Waals surface area contributed by atoms with Gasteiger partial charge in [-0.05, 0) is 37.8 Å². The molecule has 0 spiro atoms. The van der Waals surface area contributed by atoms with Crippen LogP contribution < -0.4 is 4.74 Å². The van der Waals surface area contributed by atoms with Gasteiger partial charge in [0.15, 0.2) is 0 Å². The Hall–Kier alpha value is -1.55. The number of nitrogens with zero attached hydrogens (tertiary/aromatic N) is 1. The minimum Gasteiger partial charge on any atom is -0.492 e. The Morgan fingerprint density at radius 3 is 2.90 bits per heavy atom. The summed E-state index contributed by atoms with van der Waals surface area (Å²) in [7, 11) is 0. The average molecular weight is 275 g/mol. The molecule has 108 valence electrons. The predicted molar refractivity (Wildman–Crippen MR) is 75.9 cm³/mol. The number of aryl methyl sites for hydroxylation is 1. The van der Waals surface area contributed by atoms with Gasteiger partial charge in [0.05, 0.1) is 5.92 Å². The number of rotatable bonds is 5. The normalized spacial score (nSPS) is 28.8. The lowest BCUT2D eigenvalue weighted by Gasteiger charge is -2.22. The number of carboxylic acids is 1. The first-order chi connectivity index (χ1) is 9.66. The van der Waals surface area contributed by atoms with Crippen LogP contribution in [0.5, 0.6) is 5.75 Å². The third-order valence-electron chi connectivity index (χ3n) is 4.70. The molecule has 3 rings (SSSR count). The molecule has 0 radical (unpaired) electrons. The van der Waals surface area contributed by atoms with E-state index in [1.165, 1.54) is 0 Å². The zero-order valence-electron chi connectivity index (χ0n) is 11.8. The van der Waals surface area contributed by atoms with E-state index >= 15 is 0 Å². The van der Waals surface area contributed by atoms with Crippen molar-refractivity contribution in [2.75, 3.05) is 13.2 Å². The Balaban J connectivity index is 1.55. The summed E-state index contributed by atoms with van der Waals surface area (Å²) >= 11 is 0. The quantitative estimate of drug-likeness (QED) is 0.896. The van der Waals surface area contributed by atoms with Gasteiger partial charge in [-0.15, -0.1) is 0 Å². The highest BCUT2D eigenvalue weighted by molar-refractivity contribution is 5.71. The Bertz CT molecular complexity index is 502. The second kappa shape index (κ2) is 5.44. The molecule has 4 heteroatoms. The van der Waals surface area contributed by atoms with Crippen LogP contribution in [0.1, 0.15) is 24.8 Å². The number of carboxylic acid groups (broad SMARTS) is 1. The summed E-state index contributed by atoms with van der Waals surface area (Å²) in [6.45, 7) is 3.49. The number of para-hydroxylation sites is 1. The fourth-order valence-electron chi connectivity index (χ4n) is 3.69. The van der Waals surface area contributed by atoms with Gasteiger partial charge < -0.3 is 9.84 Å². The molecule has 1 N–H and O–H groups in total. The van der Waals surface area contributed by atoms with Crippen molar-refractivity contribution in [1.29, 1.82) is 0 Å². The molecule has 0 aromatic heterocycles. The van der Waals surface area contributed by atoms with Crippen LogP contribution in [0.25, 0.3) is 0 Å². The lowest BCUT2D eigenvalue weighted by molar-refractivity contribution is -0.142. The van der Waals surface area contributed by atoms with E-state index in [0.29, 0.717) is 12.6 Å². The van der Waals surface area contributed by atoms with Gasteiger partial charge in [0.1, 0.15) is 12.4 Å². The molecular weight excluding hydrogens is 254 g/mol. The third-order valence-corrected chi connectivity index (χ3v) is 4.70. The molecular formula is C16H21NO3. The SMILES string of the molecule is Cc1ccccc1OCCN1C2CCC1C(C(=O)O)C2. The summed E-state index contributed by atoms with van der Waals surface area (Å²) in [5.74, 6) is 0.114. The maximum Gasteiger partial charge on any atom is 0.308 e. The number of hydrogen-bond acceptors (Lipinski definition) is 3. The molecule has 4 nitrogen and oxygen atoms in total. The number of hydrogen-bond donors (Lipinski definition) is 1. The van der Waals surface area contributed by atoms with Crippen LogP contribution in [0.2, 0.25) is 0 Å². The summed E-state index contributed by atoms with van der Waals surface area (Å²) in [6, 6.07) is 8.66. The van der Waals surface area contributed by atoms with Gasteiger partial charge in [-0.25, -0.2) is 0 Å². The topological polar surface area (TPSA) is 49.8 Å². The lowest BCUT2D eigenvalue weighted by atomic mass is 9.89. The molecule has 3 atom stereocenters. The largest absolute Gasteiger partial charge is 0.492 e. The van der Waals surface area contributed by atoms with Crippen molar-refractivity contribution in [3.05, 3.63) is 29.8 Å². The van der Waals surface area contributed by atoms with Gasteiger partial charge in [0, 0.05) is 18.6 Å². The van der Waals surface area contributed by atoms with Crippen LogP contribution in [0.15, 0.2) is 24.3 Å². The van der Waals surface area contributed by atoms with Gasteiger partial charge in [0.25, 0.3) is 0 Å². The first-order valence-corrected chi connectivity index (χ1v) is 7.34. The molecule has 2 aliphatic rings. The molecule has 20 heavy (non-hydrogen) atoms. The Morgan fingerprint density at radius 1 is 1.40 bits per heavy atom. The summed E-state index contributed by atoms with van der Waals surface area (Å²) < 4.78 is 5.83. The number of carbonyl (C=O) groups is 1.